The lowest BCUT2D eigenvalue weighted by Crippen LogP contribution is -2.23. The monoisotopic (exact) mass is 332 g/mol. The van der Waals surface area contributed by atoms with Crippen LogP contribution in [0.4, 0.5) is 0 Å². The molecule has 0 saturated heterocycles. The minimum atomic E-state index is -0.404. The van der Waals surface area contributed by atoms with Gasteiger partial charge < -0.3 is 4.74 Å². The van der Waals surface area contributed by atoms with Crippen molar-refractivity contribution in [2.75, 3.05) is 6.61 Å². The second-order valence-corrected chi connectivity index (χ2v) is 6.38. The van der Waals surface area contributed by atoms with Crippen LogP contribution in [-0.4, -0.2) is 22.4 Å². The van der Waals surface area contributed by atoms with E-state index in [1.54, 1.807) is 6.20 Å². The summed E-state index contributed by atoms with van der Waals surface area (Å²) in [7, 11) is 0. The van der Waals surface area contributed by atoms with E-state index in [0.717, 1.165) is 35.2 Å². The molecule has 126 valence electrons. The fourth-order valence-electron chi connectivity index (χ4n) is 3.21. The molecule has 4 nitrogen and oxygen atoms in total. The fraction of sp³-hybridized carbons (Fsp3) is 0.238. The number of nitrogens with zero attached hydrogens (tertiary/aromatic N) is 2. The standard InChI is InChI=1S/C21H20N2O2/c1-2-25-20(24)21(12-13-21)18-8-4-16(5-9-18)17-6-10-19(11-7-17)23-15-3-14-22-23/h3-11,14-15H,2,12-13H2,1H3. The number of carbonyl (C=O) groups is 1. The molecule has 4 heteroatoms. The summed E-state index contributed by atoms with van der Waals surface area (Å²) >= 11 is 0. The van der Waals surface area contributed by atoms with Gasteiger partial charge in [-0.15, -0.1) is 0 Å². The van der Waals surface area contributed by atoms with E-state index in [0.29, 0.717) is 6.61 Å². The molecule has 0 unspecified atom stereocenters. The molecule has 4 rings (SSSR count). The first kappa shape index (κ1) is 15.6. The highest BCUT2D eigenvalue weighted by molar-refractivity contribution is 5.87. The fourth-order valence-corrected chi connectivity index (χ4v) is 3.21. The van der Waals surface area contributed by atoms with Crippen LogP contribution in [0, 0.1) is 0 Å². The van der Waals surface area contributed by atoms with Crippen LogP contribution in [0.1, 0.15) is 25.3 Å². The molecule has 0 spiro atoms. The average Bonchev–Trinajstić information content (AvgIpc) is 3.29. The Kier molecular flexibility index (Phi) is 3.88. The van der Waals surface area contributed by atoms with Gasteiger partial charge in [-0.1, -0.05) is 36.4 Å². The molecule has 1 aliphatic rings. The number of aromatic nitrogens is 2. The molecule has 1 aromatic heterocycles. The van der Waals surface area contributed by atoms with Gasteiger partial charge in [-0.3, -0.25) is 4.79 Å². The molecule has 1 fully saturated rings. The van der Waals surface area contributed by atoms with Crippen LogP contribution in [0.15, 0.2) is 67.0 Å². The topological polar surface area (TPSA) is 44.1 Å². The van der Waals surface area contributed by atoms with E-state index in [1.807, 2.05) is 23.9 Å². The molecule has 3 aromatic rings. The number of benzene rings is 2. The van der Waals surface area contributed by atoms with Gasteiger partial charge in [0.25, 0.3) is 0 Å². The average molecular weight is 332 g/mol. The van der Waals surface area contributed by atoms with Crippen molar-refractivity contribution in [2.45, 2.75) is 25.2 Å². The molecular weight excluding hydrogens is 312 g/mol. The summed E-state index contributed by atoms with van der Waals surface area (Å²) < 4.78 is 7.08. The van der Waals surface area contributed by atoms with E-state index in [9.17, 15) is 4.79 Å². The van der Waals surface area contributed by atoms with E-state index < -0.39 is 5.41 Å². The molecular formula is C21H20N2O2. The van der Waals surface area contributed by atoms with Crippen molar-refractivity contribution in [3.8, 4) is 16.8 Å². The molecule has 1 aliphatic carbocycles. The van der Waals surface area contributed by atoms with Crippen molar-refractivity contribution in [1.82, 2.24) is 9.78 Å². The predicted molar refractivity (Wildman–Crippen MR) is 96.5 cm³/mol. The van der Waals surface area contributed by atoms with Gasteiger partial charge >= 0.3 is 5.97 Å². The van der Waals surface area contributed by atoms with Crippen molar-refractivity contribution in [2.24, 2.45) is 0 Å². The third-order valence-corrected chi connectivity index (χ3v) is 4.82. The first-order valence-electron chi connectivity index (χ1n) is 8.61. The summed E-state index contributed by atoms with van der Waals surface area (Å²) in [5.41, 5.74) is 3.96. The molecule has 0 N–H and O–H groups in total. The van der Waals surface area contributed by atoms with Crippen molar-refractivity contribution in [3.05, 3.63) is 72.6 Å². The zero-order chi connectivity index (χ0) is 17.3. The van der Waals surface area contributed by atoms with Crippen LogP contribution in [-0.2, 0) is 14.9 Å². The summed E-state index contributed by atoms with van der Waals surface area (Å²) in [5.74, 6) is -0.0914. The molecule has 0 amide bonds. The van der Waals surface area contributed by atoms with Crippen LogP contribution in [0.3, 0.4) is 0 Å². The number of hydrogen-bond acceptors (Lipinski definition) is 3. The van der Waals surface area contributed by atoms with Gasteiger partial charge in [-0.05, 0) is 54.7 Å². The second-order valence-electron chi connectivity index (χ2n) is 6.38. The first-order chi connectivity index (χ1) is 12.2. The van der Waals surface area contributed by atoms with Crippen LogP contribution >= 0.6 is 0 Å². The Morgan fingerprint density at radius 1 is 1.08 bits per heavy atom. The zero-order valence-electron chi connectivity index (χ0n) is 14.2. The Balaban J connectivity index is 1.55. The molecule has 25 heavy (non-hydrogen) atoms. The van der Waals surface area contributed by atoms with Crippen molar-refractivity contribution in [3.63, 3.8) is 0 Å². The number of carbonyl (C=O) groups excluding carboxylic acids is 1. The Labute approximate surface area is 147 Å². The van der Waals surface area contributed by atoms with Gasteiger partial charge in [0.1, 0.15) is 0 Å². The van der Waals surface area contributed by atoms with Gasteiger partial charge in [0.2, 0.25) is 0 Å². The summed E-state index contributed by atoms with van der Waals surface area (Å²) in [6, 6.07) is 18.5. The Hall–Kier alpha value is -2.88. The smallest absolute Gasteiger partial charge is 0.316 e. The third kappa shape index (κ3) is 2.84. The normalized spacial score (nSPS) is 14.9. The molecule has 2 aromatic carbocycles. The van der Waals surface area contributed by atoms with E-state index >= 15 is 0 Å². The molecule has 0 atom stereocenters. The van der Waals surface area contributed by atoms with E-state index in [-0.39, 0.29) is 5.97 Å². The largest absolute Gasteiger partial charge is 0.465 e. The van der Waals surface area contributed by atoms with E-state index in [1.165, 1.54) is 0 Å². The van der Waals surface area contributed by atoms with Crippen molar-refractivity contribution < 1.29 is 9.53 Å². The number of esters is 1. The number of ether oxygens (including phenoxy) is 1. The van der Waals surface area contributed by atoms with Crippen molar-refractivity contribution in [1.29, 1.82) is 0 Å². The van der Waals surface area contributed by atoms with Crippen LogP contribution in [0.5, 0.6) is 0 Å². The minimum absolute atomic E-state index is 0.0914. The zero-order valence-corrected chi connectivity index (χ0v) is 14.2. The van der Waals surface area contributed by atoms with Gasteiger partial charge in [0.05, 0.1) is 17.7 Å². The molecule has 0 radical (unpaired) electrons. The maximum atomic E-state index is 12.2. The maximum Gasteiger partial charge on any atom is 0.316 e. The van der Waals surface area contributed by atoms with Gasteiger partial charge in [-0.25, -0.2) is 4.68 Å². The SMILES string of the molecule is CCOC(=O)C1(c2ccc(-c3ccc(-n4cccn4)cc3)cc2)CC1. The van der Waals surface area contributed by atoms with Gasteiger partial charge in [-0.2, -0.15) is 5.10 Å². The maximum absolute atomic E-state index is 12.2. The van der Waals surface area contributed by atoms with E-state index in [4.69, 9.17) is 4.74 Å². The minimum Gasteiger partial charge on any atom is -0.465 e. The van der Waals surface area contributed by atoms with Crippen LogP contribution < -0.4 is 0 Å². The quantitative estimate of drug-likeness (QED) is 0.660. The molecule has 0 aliphatic heterocycles. The van der Waals surface area contributed by atoms with E-state index in [2.05, 4.69) is 53.6 Å². The summed E-state index contributed by atoms with van der Waals surface area (Å²) in [6.45, 7) is 2.28. The second kappa shape index (κ2) is 6.20. The Bertz CT molecular complexity index is 861. The van der Waals surface area contributed by atoms with Gasteiger partial charge in [0.15, 0.2) is 0 Å². The highest BCUT2D eigenvalue weighted by atomic mass is 16.5. The molecule has 1 saturated carbocycles. The summed E-state index contributed by atoms with van der Waals surface area (Å²) in [4.78, 5) is 12.2. The molecule has 0 bridgehead atoms. The van der Waals surface area contributed by atoms with Gasteiger partial charge in [0, 0.05) is 12.4 Å². The highest BCUT2D eigenvalue weighted by Crippen LogP contribution is 2.49. The first-order valence-corrected chi connectivity index (χ1v) is 8.61. The van der Waals surface area contributed by atoms with Crippen LogP contribution in [0.2, 0.25) is 0 Å². The lowest BCUT2D eigenvalue weighted by molar-refractivity contribution is -0.146. The highest BCUT2D eigenvalue weighted by Gasteiger charge is 2.52. The Morgan fingerprint density at radius 2 is 1.72 bits per heavy atom. The Morgan fingerprint density at radius 3 is 2.24 bits per heavy atom. The lowest BCUT2D eigenvalue weighted by atomic mass is 9.93. The lowest BCUT2D eigenvalue weighted by Gasteiger charge is -2.14. The summed E-state index contributed by atoms with van der Waals surface area (Å²) in [6.07, 6.45) is 5.45. The van der Waals surface area contributed by atoms with Crippen molar-refractivity contribution >= 4 is 5.97 Å². The third-order valence-electron chi connectivity index (χ3n) is 4.82. The molecule has 1 heterocycles. The van der Waals surface area contributed by atoms with Crippen LogP contribution in [0.25, 0.3) is 16.8 Å². The predicted octanol–water partition coefficient (Wildman–Crippen LogP) is 4.13. The number of hydrogen-bond donors (Lipinski definition) is 0. The summed E-state index contributed by atoms with van der Waals surface area (Å²) in [5, 5.41) is 4.24. The number of rotatable bonds is 5.